The molecule has 1 N–H and O–H groups in total. The van der Waals surface area contributed by atoms with Crippen LogP contribution in [-0.2, 0) is 24.6 Å². The zero-order valence-electron chi connectivity index (χ0n) is 18.8. The number of aryl methyl sites for hydroxylation is 1. The third-order valence-corrected chi connectivity index (χ3v) is 5.04. The minimum absolute atomic E-state index is 0. The van der Waals surface area contributed by atoms with Crippen molar-refractivity contribution in [1.29, 1.82) is 0 Å². The van der Waals surface area contributed by atoms with Gasteiger partial charge < -0.3 is 17.4 Å². The summed E-state index contributed by atoms with van der Waals surface area (Å²) in [5.74, 6) is -0.214. The first-order valence-electron chi connectivity index (χ1n) is 9.44. The van der Waals surface area contributed by atoms with Crippen LogP contribution in [0.5, 0.6) is 0 Å². The van der Waals surface area contributed by atoms with E-state index in [0.29, 0.717) is 10.6 Å². The molecular formula is C25H30ClFNO2OsP. The maximum absolute atomic E-state index is 13.4. The number of hydrogen-bond acceptors (Lipinski definition) is 2. The van der Waals surface area contributed by atoms with Gasteiger partial charge in [-0.15, -0.1) is 32.5 Å². The van der Waals surface area contributed by atoms with Crippen LogP contribution in [0, 0.1) is 26.2 Å². The zero-order chi connectivity index (χ0) is 22.5. The van der Waals surface area contributed by atoms with Gasteiger partial charge in [-0.25, -0.2) is 4.39 Å². The molecule has 0 aliphatic heterocycles. The van der Waals surface area contributed by atoms with E-state index in [1.54, 1.807) is 19.1 Å². The molecule has 3 rings (SSSR count). The predicted octanol–water partition coefficient (Wildman–Crippen LogP) is 7.44. The molecule has 0 heterocycles. The molecule has 0 radical (unpaired) electrons. The van der Waals surface area contributed by atoms with Crippen LogP contribution in [0.2, 0.25) is 5.02 Å². The number of benzene rings is 3. The topological polar surface area (TPSA) is 40.5 Å². The van der Waals surface area contributed by atoms with Crippen LogP contribution in [0.4, 0.5) is 15.8 Å². The second kappa shape index (κ2) is 17.7. The number of carbonyl (C=O) groups is 1. The smallest absolute Gasteiger partial charge is 0.483 e. The third-order valence-electron chi connectivity index (χ3n) is 4.15. The fraction of sp³-hybridized carbons (Fsp3) is 0.200. The summed E-state index contributed by atoms with van der Waals surface area (Å²) in [6.07, 6.45) is 2.52. The van der Waals surface area contributed by atoms with Gasteiger partial charge in [0.25, 0.3) is 6.47 Å². The van der Waals surface area contributed by atoms with Crippen molar-refractivity contribution >= 4 is 38.7 Å². The molecule has 0 aliphatic carbocycles. The van der Waals surface area contributed by atoms with Crippen molar-refractivity contribution in [3.05, 3.63) is 90.6 Å². The van der Waals surface area contributed by atoms with Crippen molar-refractivity contribution in [1.82, 2.24) is 0 Å². The standard InChI is InChI=1S/C20H16ClFN.C3H9P.CH2O2.CH3.Os/c1-14-12-15(8-11-20(14)22)18-10-9-17(13-19(18)21)23(2)16-6-4-3-5-7-16;1-2-3-4;2-1-3;;/h3-8,10-13H,1-2H3;2-4H2,1H3;1H,(H,2,3);1H3;/q-1;;;-1;+2. The molecule has 3 aromatic carbocycles. The van der Waals surface area contributed by atoms with Crippen LogP contribution in [0.3, 0.4) is 0 Å². The van der Waals surface area contributed by atoms with Crippen molar-refractivity contribution in [3.63, 3.8) is 0 Å². The predicted molar refractivity (Wildman–Crippen MR) is 135 cm³/mol. The minimum atomic E-state index is -0.250. The van der Waals surface area contributed by atoms with Crippen LogP contribution in [-0.4, -0.2) is 24.8 Å². The van der Waals surface area contributed by atoms with Gasteiger partial charge in [-0.2, -0.15) is 12.1 Å². The summed E-state index contributed by atoms with van der Waals surface area (Å²) >= 11 is 6.45. The molecule has 0 saturated carbocycles. The third kappa shape index (κ3) is 10.2. The van der Waals surface area contributed by atoms with E-state index >= 15 is 0 Å². The van der Waals surface area contributed by atoms with E-state index in [-0.39, 0.29) is 39.5 Å². The molecular weight excluding hydrogens is 622 g/mol. The first-order valence-corrected chi connectivity index (χ1v) is 10.6. The maximum atomic E-state index is 13.4. The van der Waals surface area contributed by atoms with Crippen LogP contribution in [0.25, 0.3) is 11.1 Å². The molecule has 3 aromatic rings. The fourth-order valence-electron chi connectivity index (χ4n) is 2.47. The van der Waals surface area contributed by atoms with Crippen LogP contribution < -0.4 is 4.90 Å². The number of halogens is 2. The fourth-order valence-corrected chi connectivity index (χ4v) is 2.74. The number of rotatable bonds is 4. The Hall–Kier alpha value is -1.78. The minimum Gasteiger partial charge on any atom is -0.483 e. The SMILES string of the molecule is CCCP.Cc1cc(-c2c[c-]c(N(C)c3ccccc3)cc2Cl)ccc1F.O=CO.[CH3-].[Os+2]. The van der Waals surface area contributed by atoms with E-state index < -0.39 is 0 Å². The average molecular weight is 652 g/mol. The molecule has 0 aromatic heterocycles. The summed E-state index contributed by atoms with van der Waals surface area (Å²) in [5, 5.41) is 7.51. The number of hydrogen-bond donors (Lipinski definition) is 1. The van der Waals surface area contributed by atoms with Gasteiger partial charge in [-0.3, -0.25) is 4.79 Å². The van der Waals surface area contributed by atoms with Crippen molar-refractivity contribution in [2.75, 3.05) is 18.1 Å². The molecule has 7 heteroatoms. The van der Waals surface area contributed by atoms with Gasteiger partial charge in [0.1, 0.15) is 5.82 Å². The van der Waals surface area contributed by atoms with E-state index in [1.807, 2.05) is 54.4 Å². The van der Waals surface area contributed by atoms with Gasteiger partial charge in [0, 0.05) is 12.7 Å². The molecule has 1 unspecified atom stereocenters. The van der Waals surface area contributed by atoms with E-state index in [0.717, 1.165) is 22.5 Å². The summed E-state index contributed by atoms with van der Waals surface area (Å²) < 4.78 is 13.4. The Morgan fingerprint density at radius 1 is 1.19 bits per heavy atom. The molecule has 0 amide bonds. The maximum Gasteiger partial charge on any atom is 2.00 e. The molecule has 0 fully saturated rings. The van der Waals surface area contributed by atoms with Crippen LogP contribution in [0.15, 0.2) is 60.7 Å². The van der Waals surface area contributed by atoms with Gasteiger partial charge in [0.2, 0.25) is 0 Å². The van der Waals surface area contributed by atoms with Crippen molar-refractivity contribution in [3.8, 4) is 11.1 Å². The van der Waals surface area contributed by atoms with E-state index in [2.05, 4.69) is 22.2 Å². The Labute approximate surface area is 212 Å². The molecule has 3 nitrogen and oxygen atoms in total. The second-order valence-corrected chi connectivity index (χ2v) is 7.32. The quantitative estimate of drug-likeness (QED) is 0.181. The van der Waals surface area contributed by atoms with Crippen molar-refractivity contribution in [2.45, 2.75) is 20.3 Å². The Kier molecular flexibility index (Phi) is 18.0. The molecule has 0 spiro atoms. The Balaban J connectivity index is 0. The number of anilines is 2. The summed E-state index contributed by atoms with van der Waals surface area (Å²) in [6, 6.07) is 22.0. The summed E-state index contributed by atoms with van der Waals surface area (Å²) in [6.45, 7) is 3.65. The average Bonchev–Trinajstić information content (AvgIpc) is 2.76. The first kappa shape index (κ1) is 32.4. The molecule has 32 heavy (non-hydrogen) atoms. The van der Waals surface area contributed by atoms with E-state index in [9.17, 15) is 4.39 Å². The number of para-hydroxylation sites is 1. The summed E-state index contributed by atoms with van der Waals surface area (Å²) in [4.78, 5) is 10.4. The van der Waals surface area contributed by atoms with Gasteiger partial charge in [0.05, 0.1) is 0 Å². The zero-order valence-corrected chi connectivity index (χ0v) is 23.2. The largest absolute Gasteiger partial charge is 2.00 e. The normalized spacial score (nSPS) is 8.94. The Bertz CT molecular complexity index is 927. The number of nitrogens with zero attached hydrogens (tertiary/aromatic N) is 1. The van der Waals surface area contributed by atoms with E-state index in [1.165, 1.54) is 18.6 Å². The van der Waals surface area contributed by atoms with Gasteiger partial charge >= 0.3 is 19.8 Å². The first-order chi connectivity index (χ1) is 14.4. The molecule has 0 bridgehead atoms. The monoisotopic (exact) mass is 653 g/mol. The Morgan fingerprint density at radius 2 is 1.75 bits per heavy atom. The molecule has 0 aliphatic rings. The molecule has 174 valence electrons. The van der Waals surface area contributed by atoms with Crippen molar-refractivity contribution < 1.29 is 34.1 Å². The summed E-state index contributed by atoms with van der Waals surface area (Å²) in [5.41, 5.74) is 4.28. The van der Waals surface area contributed by atoms with Crippen molar-refractivity contribution in [2.24, 2.45) is 0 Å². The molecule has 0 saturated heterocycles. The van der Waals surface area contributed by atoms with Gasteiger partial charge in [-0.05, 0) is 36.8 Å². The van der Waals surface area contributed by atoms with Gasteiger partial charge in [-0.1, -0.05) is 59.9 Å². The van der Waals surface area contributed by atoms with Crippen LogP contribution >= 0.6 is 20.8 Å². The Morgan fingerprint density at radius 3 is 2.22 bits per heavy atom. The van der Waals surface area contributed by atoms with Crippen LogP contribution in [0.1, 0.15) is 18.9 Å². The second-order valence-electron chi connectivity index (χ2n) is 6.33. The summed E-state index contributed by atoms with van der Waals surface area (Å²) in [7, 11) is 4.63. The van der Waals surface area contributed by atoms with Gasteiger partial charge in [0.15, 0.2) is 0 Å². The van der Waals surface area contributed by atoms with E-state index in [4.69, 9.17) is 21.5 Å². The number of carboxylic acid groups (broad SMARTS) is 1. The molecule has 1 atom stereocenters.